The number of nitrogens with zero attached hydrogens (tertiary/aromatic N) is 4. The van der Waals surface area contributed by atoms with Gasteiger partial charge in [-0.05, 0) is 38.8 Å². The Bertz CT molecular complexity index is 1060. The second-order valence-corrected chi connectivity index (χ2v) is 8.70. The monoisotopic (exact) mass is 495 g/mol. The quantitative estimate of drug-likeness (QED) is 0.476. The lowest BCUT2D eigenvalue weighted by molar-refractivity contribution is -0.141. The normalized spacial score (nSPS) is 22.7. The largest absolute Gasteiger partial charge is 0.477 e. The highest BCUT2D eigenvalue weighted by molar-refractivity contribution is 6.03. The SMILES string of the molecule is CO[C@H](C)[C@H]1C(=O)Nc2c(C)nc(NC3CC(NCOc4ccc(C(F)(F)F)nc4)C3)nc2N1C. The first-order valence-corrected chi connectivity index (χ1v) is 11.2. The summed E-state index contributed by atoms with van der Waals surface area (Å²) in [5.74, 6) is 1.20. The maximum atomic E-state index is 12.6. The van der Waals surface area contributed by atoms with Crippen LogP contribution in [0.1, 0.15) is 31.2 Å². The standard InChI is InChI=1S/C22H28F3N7O3/c1-11-17-19(32(3)18(12(2)34-4)20(33)30-17)31-21(28-11)29-14-7-13(8-14)27-10-35-15-5-6-16(26-9-15)22(23,24)25/h5-6,9,12-14,18,27H,7-8,10H2,1-4H3,(H,30,33)(H,28,29,31)/t12-,13?,14?,18+/m1/s1. The molecular weight excluding hydrogens is 467 g/mol. The number of nitrogens with one attached hydrogen (secondary N) is 3. The predicted molar refractivity (Wildman–Crippen MR) is 122 cm³/mol. The Labute approximate surface area is 200 Å². The second kappa shape index (κ2) is 9.82. The third-order valence-corrected chi connectivity index (χ3v) is 6.26. The van der Waals surface area contributed by atoms with Crippen LogP contribution < -0.4 is 25.6 Å². The van der Waals surface area contributed by atoms with E-state index in [2.05, 4.69) is 30.9 Å². The summed E-state index contributed by atoms with van der Waals surface area (Å²) >= 11 is 0. The Balaban J connectivity index is 1.28. The molecule has 0 radical (unpaired) electrons. The van der Waals surface area contributed by atoms with Gasteiger partial charge in [0.25, 0.3) is 0 Å². The number of ether oxygens (including phenoxy) is 2. The van der Waals surface area contributed by atoms with Crippen molar-refractivity contribution in [1.82, 2.24) is 20.3 Å². The van der Waals surface area contributed by atoms with Gasteiger partial charge in [0.2, 0.25) is 11.9 Å². The second-order valence-electron chi connectivity index (χ2n) is 8.70. The zero-order chi connectivity index (χ0) is 25.3. The fourth-order valence-corrected chi connectivity index (χ4v) is 4.15. The molecule has 2 atom stereocenters. The lowest BCUT2D eigenvalue weighted by Crippen LogP contribution is -2.53. The average molecular weight is 496 g/mol. The number of alkyl halides is 3. The van der Waals surface area contributed by atoms with Crippen molar-refractivity contribution in [2.45, 2.75) is 57.1 Å². The number of amides is 1. The van der Waals surface area contributed by atoms with E-state index in [9.17, 15) is 18.0 Å². The number of anilines is 3. The number of hydrogen-bond donors (Lipinski definition) is 3. The molecule has 3 heterocycles. The van der Waals surface area contributed by atoms with Crippen LogP contribution in [0, 0.1) is 6.92 Å². The van der Waals surface area contributed by atoms with Gasteiger partial charge in [0.15, 0.2) is 5.82 Å². The van der Waals surface area contributed by atoms with Crippen LogP contribution in [0.2, 0.25) is 0 Å². The summed E-state index contributed by atoms with van der Waals surface area (Å²) in [5.41, 5.74) is 0.294. The maximum absolute atomic E-state index is 12.6. The summed E-state index contributed by atoms with van der Waals surface area (Å²) < 4.78 is 48.5. The molecular formula is C22H28F3N7O3. The number of hydrogen-bond acceptors (Lipinski definition) is 9. The summed E-state index contributed by atoms with van der Waals surface area (Å²) in [7, 11) is 3.37. The molecule has 13 heteroatoms. The molecule has 1 aliphatic carbocycles. The molecule has 1 fully saturated rings. The van der Waals surface area contributed by atoms with Crippen molar-refractivity contribution in [1.29, 1.82) is 0 Å². The van der Waals surface area contributed by atoms with Gasteiger partial charge in [-0.3, -0.25) is 10.1 Å². The lowest BCUT2D eigenvalue weighted by Gasteiger charge is -2.38. The number of carbonyl (C=O) groups is 1. The lowest BCUT2D eigenvalue weighted by atomic mass is 9.87. The van der Waals surface area contributed by atoms with E-state index in [1.807, 2.05) is 20.9 Å². The number of fused-ring (bicyclic) bond motifs is 1. The topological polar surface area (TPSA) is 114 Å². The van der Waals surface area contributed by atoms with E-state index >= 15 is 0 Å². The van der Waals surface area contributed by atoms with Crippen LogP contribution in [0.4, 0.5) is 30.6 Å². The summed E-state index contributed by atoms with van der Waals surface area (Å²) in [6.07, 6.45) is -2.14. The van der Waals surface area contributed by atoms with E-state index in [-0.39, 0.29) is 36.6 Å². The fourth-order valence-electron chi connectivity index (χ4n) is 4.15. The molecule has 0 unspecified atom stereocenters. The van der Waals surface area contributed by atoms with Crippen molar-refractivity contribution in [3.8, 4) is 5.75 Å². The van der Waals surface area contributed by atoms with Crippen LogP contribution in [0.25, 0.3) is 0 Å². The summed E-state index contributed by atoms with van der Waals surface area (Å²) in [6.45, 7) is 3.80. The molecule has 4 rings (SSSR count). The highest BCUT2D eigenvalue weighted by Gasteiger charge is 2.38. The molecule has 0 spiro atoms. The zero-order valence-electron chi connectivity index (χ0n) is 19.8. The van der Waals surface area contributed by atoms with Crippen LogP contribution in [-0.2, 0) is 15.7 Å². The van der Waals surface area contributed by atoms with Crippen molar-refractivity contribution in [2.75, 3.05) is 36.4 Å². The van der Waals surface area contributed by atoms with Crippen molar-refractivity contribution < 1.29 is 27.4 Å². The maximum Gasteiger partial charge on any atom is 0.433 e. The van der Waals surface area contributed by atoms with Gasteiger partial charge in [-0.1, -0.05) is 0 Å². The fraction of sp³-hybridized carbons (Fsp3) is 0.545. The average Bonchev–Trinajstić information content (AvgIpc) is 2.77. The van der Waals surface area contributed by atoms with E-state index < -0.39 is 17.9 Å². The first-order chi connectivity index (χ1) is 16.6. The minimum Gasteiger partial charge on any atom is -0.477 e. The third-order valence-electron chi connectivity index (χ3n) is 6.26. The zero-order valence-corrected chi connectivity index (χ0v) is 19.8. The van der Waals surface area contributed by atoms with Crippen LogP contribution in [0.5, 0.6) is 5.75 Å². The molecule has 1 amide bonds. The Morgan fingerprint density at radius 1 is 1.26 bits per heavy atom. The number of methoxy groups -OCH3 is 1. The Hall–Kier alpha value is -3.19. The number of likely N-dealkylation sites (N-methyl/N-ethyl adjacent to an activating group) is 1. The molecule has 0 bridgehead atoms. The molecule has 190 valence electrons. The number of halogens is 3. The van der Waals surface area contributed by atoms with Gasteiger partial charge < -0.3 is 25.0 Å². The molecule has 0 saturated heterocycles. The Morgan fingerprint density at radius 3 is 2.63 bits per heavy atom. The van der Waals surface area contributed by atoms with Gasteiger partial charge in [0, 0.05) is 26.2 Å². The highest BCUT2D eigenvalue weighted by Crippen LogP contribution is 2.34. The molecule has 1 saturated carbocycles. The van der Waals surface area contributed by atoms with Crippen molar-refractivity contribution >= 4 is 23.4 Å². The van der Waals surface area contributed by atoms with Crippen molar-refractivity contribution in [3.05, 3.63) is 29.7 Å². The molecule has 35 heavy (non-hydrogen) atoms. The van der Waals surface area contributed by atoms with Gasteiger partial charge >= 0.3 is 6.18 Å². The van der Waals surface area contributed by atoms with E-state index in [1.54, 1.807) is 12.0 Å². The third kappa shape index (κ3) is 5.40. The van der Waals surface area contributed by atoms with Gasteiger partial charge in [-0.25, -0.2) is 9.97 Å². The van der Waals surface area contributed by atoms with Crippen LogP contribution in [0.3, 0.4) is 0 Å². The summed E-state index contributed by atoms with van der Waals surface area (Å²) in [5, 5.41) is 9.42. The number of rotatable bonds is 8. The van der Waals surface area contributed by atoms with Crippen LogP contribution >= 0.6 is 0 Å². The number of pyridine rings is 1. The molecule has 3 N–H and O–H groups in total. The minimum absolute atomic E-state index is 0.148. The highest BCUT2D eigenvalue weighted by atomic mass is 19.4. The number of carbonyl (C=O) groups excluding carboxylic acids is 1. The van der Waals surface area contributed by atoms with Gasteiger partial charge in [-0.15, -0.1) is 0 Å². The first kappa shape index (κ1) is 24.9. The molecule has 2 aliphatic rings. The van der Waals surface area contributed by atoms with Crippen molar-refractivity contribution in [2.24, 2.45) is 0 Å². The molecule has 1 aliphatic heterocycles. The van der Waals surface area contributed by atoms with Crippen molar-refractivity contribution in [3.63, 3.8) is 0 Å². The van der Waals surface area contributed by atoms with E-state index in [4.69, 9.17) is 9.47 Å². The Kier molecular flexibility index (Phi) is 6.99. The molecule has 2 aromatic rings. The van der Waals surface area contributed by atoms with E-state index in [0.717, 1.165) is 25.1 Å². The first-order valence-electron chi connectivity index (χ1n) is 11.2. The van der Waals surface area contributed by atoms with Crippen LogP contribution in [0.15, 0.2) is 18.3 Å². The van der Waals surface area contributed by atoms with E-state index in [1.165, 1.54) is 6.07 Å². The van der Waals surface area contributed by atoms with Gasteiger partial charge in [0.1, 0.15) is 29.9 Å². The smallest absolute Gasteiger partial charge is 0.433 e. The summed E-state index contributed by atoms with van der Waals surface area (Å²) in [4.78, 5) is 26.8. The predicted octanol–water partition coefficient (Wildman–Crippen LogP) is 2.56. The molecule has 2 aromatic heterocycles. The minimum atomic E-state index is -4.47. The Morgan fingerprint density at radius 2 is 2.00 bits per heavy atom. The van der Waals surface area contributed by atoms with Gasteiger partial charge in [-0.2, -0.15) is 18.2 Å². The van der Waals surface area contributed by atoms with Gasteiger partial charge in [0.05, 0.1) is 18.0 Å². The summed E-state index contributed by atoms with van der Waals surface area (Å²) in [6, 6.07) is 1.96. The number of aromatic nitrogens is 3. The van der Waals surface area contributed by atoms with E-state index in [0.29, 0.717) is 23.1 Å². The van der Waals surface area contributed by atoms with Crippen LogP contribution in [-0.4, -0.2) is 66.0 Å². The molecule has 10 nitrogen and oxygen atoms in total. The molecule has 0 aromatic carbocycles. The number of aryl methyl sites for hydroxylation is 1.